The Balaban J connectivity index is 1.97. The van der Waals surface area contributed by atoms with Crippen LogP contribution in [0.25, 0.3) is 0 Å². The van der Waals surface area contributed by atoms with E-state index in [1.54, 1.807) is 12.1 Å². The summed E-state index contributed by atoms with van der Waals surface area (Å²) in [5, 5.41) is 0. The fourth-order valence-electron chi connectivity index (χ4n) is 1.51. The number of benzene rings is 2. The number of hydrogen-bond acceptors (Lipinski definition) is 2. The highest BCUT2D eigenvalue weighted by Gasteiger charge is 2.02. The van der Waals surface area contributed by atoms with Gasteiger partial charge in [0.1, 0.15) is 0 Å². The average Bonchev–Trinajstić information content (AvgIpc) is 2.37. The van der Waals surface area contributed by atoms with E-state index in [1.807, 2.05) is 49.4 Å². The number of carbonyl (C=O) groups is 1. The highest BCUT2D eigenvalue weighted by molar-refractivity contribution is 5.94. The van der Waals surface area contributed by atoms with Crippen LogP contribution in [0.4, 0.5) is 5.69 Å². The van der Waals surface area contributed by atoms with Crippen molar-refractivity contribution in [1.29, 1.82) is 0 Å². The Morgan fingerprint density at radius 3 is 2.47 bits per heavy atom. The second kappa shape index (κ2) is 5.16. The summed E-state index contributed by atoms with van der Waals surface area (Å²) in [6.07, 6.45) is 0. The second-order valence-electron chi connectivity index (χ2n) is 3.81. The van der Waals surface area contributed by atoms with Crippen molar-refractivity contribution in [2.75, 3.05) is 5.43 Å². The molecule has 0 unspecified atom stereocenters. The third kappa shape index (κ3) is 3.08. The minimum Gasteiger partial charge on any atom is -0.298 e. The Hall–Kier alpha value is -2.29. The zero-order chi connectivity index (χ0) is 12.1. The van der Waals surface area contributed by atoms with Crippen LogP contribution >= 0.6 is 0 Å². The fourth-order valence-corrected chi connectivity index (χ4v) is 1.51. The van der Waals surface area contributed by atoms with Crippen LogP contribution in [0.1, 0.15) is 15.9 Å². The monoisotopic (exact) mass is 226 g/mol. The molecule has 0 saturated heterocycles. The molecule has 2 N–H and O–H groups in total. The number of anilines is 1. The normalized spacial score (nSPS) is 9.71. The van der Waals surface area contributed by atoms with E-state index in [4.69, 9.17) is 0 Å². The van der Waals surface area contributed by atoms with Gasteiger partial charge in [0.2, 0.25) is 0 Å². The number of hydrazine groups is 1. The van der Waals surface area contributed by atoms with Gasteiger partial charge in [-0.1, -0.05) is 30.3 Å². The van der Waals surface area contributed by atoms with Crippen LogP contribution in [0.5, 0.6) is 0 Å². The van der Waals surface area contributed by atoms with Crippen LogP contribution in [0.2, 0.25) is 0 Å². The quantitative estimate of drug-likeness (QED) is 0.790. The fraction of sp³-hybridized carbons (Fsp3) is 0.0714. The number of aryl methyl sites for hydroxylation is 1. The second-order valence-corrected chi connectivity index (χ2v) is 3.81. The predicted octanol–water partition coefficient (Wildman–Crippen LogP) is 2.75. The first kappa shape index (κ1) is 11.2. The SMILES string of the molecule is Cc1cccc(NNC(=O)c2ccccc2)c1. The van der Waals surface area contributed by atoms with Crippen LogP contribution in [-0.2, 0) is 0 Å². The van der Waals surface area contributed by atoms with E-state index in [-0.39, 0.29) is 5.91 Å². The molecule has 0 fully saturated rings. The largest absolute Gasteiger partial charge is 0.298 e. The van der Waals surface area contributed by atoms with E-state index in [1.165, 1.54) is 0 Å². The van der Waals surface area contributed by atoms with Gasteiger partial charge in [-0.2, -0.15) is 0 Å². The molecule has 1 amide bonds. The first-order valence-corrected chi connectivity index (χ1v) is 5.44. The first-order valence-electron chi connectivity index (χ1n) is 5.44. The molecule has 0 atom stereocenters. The van der Waals surface area contributed by atoms with Gasteiger partial charge in [-0.15, -0.1) is 0 Å². The maximum Gasteiger partial charge on any atom is 0.269 e. The maximum atomic E-state index is 11.7. The zero-order valence-electron chi connectivity index (χ0n) is 9.60. The maximum absolute atomic E-state index is 11.7. The van der Waals surface area contributed by atoms with Gasteiger partial charge in [-0.3, -0.25) is 15.6 Å². The van der Waals surface area contributed by atoms with Gasteiger partial charge in [0.25, 0.3) is 5.91 Å². The van der Waals surface area contributed by atoms with Gasteiger partial charge >= 0.3 is 0 Å². The van der Waals surface area contributed by atoms with Crippen LogP contribution < -0.4 is 10.9 Å². The lowest BCUT2D eigenvalue weighted by Crippen LogP contribution is -2.29. The van der Waals surface area contributed by atoms with Crippen molar-refractivity contribution >= 4 is 11.6 Å². The van der Waals surface area contributed by atoms with Crippen molar-refractivity contribution in [1.82, 2.24) is 5.43 Å². The molecule has 0 heterocycles. The zero-order valence-corrected chi connectivity index (χ0v) is 9.60. The third-order valence-corrected chi connectivity index (χ3v) is 2.37. The summed E-state index contributed by atoms with van der Waals surface area (Å²) in [4.78, 5) is 11.7. The molecule has 3 nitrogen and oxygen atoms in total. The Kier molecular flexibility index (Phi) is 3.40. The summed E-state index contributed by atoms with van der Waals surface area (Å²) in [6, 6.07) is 16.9. The van der Waals surface area contributed by atoms with Gasteiger partial charge in [-0.25, -0.2) is 0 Å². The molecule has 3 heteroatoms. The molecule has 2 rings (SSSR count). The molecule has 0 saturated carbocycles. The predicted molar refractivity (Wildman–Crippen MR) is 68.7 cm³/mol. The van der Waals surface area contributed by atoms with Crippen molar-refractivity contribution < 1.29 is 4.79 Å². The molecular weight excluding hydrogens is 212 g/mol. The first-order chi connectivity index (χ1) is 8.25. The van der Waals surface area contributed by atoms with E-state index >= 15 is 0 Å². The smallest absolute Gasteiger partial charge is 0.269 e. The molecule has 0 aliphatic rings. The van der Waals surface area contributed by atoms with E-state index in [0.717, 1.165) is 11.3 Å². The lowest BCUT2D eigenvalue weighted by molar-refractivity contribution is 0.0962. The number of amides is 1. The summed E-state index contributed by atoms with van der Waals surface area (Å²) >= 11 is 0. The Morgan fingerprint density at radius 2 is 1.76 bits per heavy atom. The minimum absolute atomic E-state index is 0.146. The summed E-state index contributed by atoms with van der Waals surface area (Å²) in [6.45, 7) is 2.00. The van der Waals surface area contributed by atoms with Crippen LogP contribution in [-0.4, -0.2) is 5.91 Å². The Labute approximate surface area is 100 Å². The number of hydrogen-bond donors (Lipinski definition) is 2. The van der Waals surface area contributed by atoms with Crippen LogP contribution in [0.3, 0.4) is 0 Å². The lowest BCUT2D eigenvalue weighted by atomic mass is 10.2. The van der Waals surface area contributed by atoms with Gasteiger partial charge < -0.3 is 0 Å². The van der Waals surface area contributed by atoms with Crippen molar-refractivity contribution in [2.45, 2.75) is 6.92 Å². The van der Waals surface area contributed by atoms with E-state index in [9.17, 15) is 4.79 Å². The highest BCUT2D eigenvalue weighted by atomic mass is 16.2. The van der Waals surface area contributed by atoms with Crippen molar-refractivity contribution in [2.24, 2.45) is 0 Å². The molecule has 0 aliphatic carbocycles. The number of rotatable bonds is 3. The van der Waals surface area contributed by atoms with Crippen molar-refractivity contribution in [3.63, 3.8) is 0 Å². The molecule has 17 heavy (non-hydrogen) atoms. The molecule has 0 spiro atoms. The minimum atomic E-state index is -0.146. The van der Waals surface area contributed by atoms with E-state index < -0.39 is 0 Å². The van der Waals surface area contributed by atoms with Gasteiger partial charge in [0.05, 0.1) is 5.69 Å². The molecule has 86 valence electrons. The van der Waals surface area contributed by atoms with Gasteiger partial charge in [-0.05, 0) is 36.8 Å². The van der Waals surface area contributed by atoms with Crippen molar-refractivity contribution in [3.8, 4) is 0 Å². The number of nitrogens with one attached hydrogen (secondary N) is 2. The summed E-state index contributed by atoms with van der Waals surface area (Å²) in [5.74, 6) is -0.146. The van der Waals surface area contributed by atoms with E-state index in [0.29, 0.717) is 5.56 Å². The molecule has 2 aromatic carbocycles. The topological polar surface area (TPSA) is 41.1 Å². The molecule has 0 aromatic heterocycles. The molecule has 0 aliphatic heterocycles. The standard InChI is InChI=1S/C14H14N2O/c1-11-6-5-9-13(10-11)15-16-14(17)12-7-3-2-4-8-12/h2-10,15H,1H3,(H,16,17). The summed E-state index contributed by atoms with van der Waals surface area (Å²) < 4.78 is 0. The van der Waals surface area contributed by atoms with Crippen LogP contribution in [0, 0.1) is 6.92 Å². The summed E-state index contributed by atoms with van der Waals surface area (Å²) in [5.41, 5.74) is 8.18. The number of carbonyl (C=O) groups excluding carboxylic acids is 1. The van der Waals surface area contributed by atoms with E-state index in [2.05, 4.69) is 10.9 Å². The average molecular weight is 226 g/mol. The van der Waals surface area contributed by atoms with Crippen LogP contribution in [0.15, 0.2) is 54.6 Å². The van der Waals surface area contributed by atoms with Gasteiger partial charge in [0, 0.05) is 5.56 Å². The molecule has 0 radical (unpaired) electrons. The molecule has 2 aromatic rings. The summed E-state index contributed by atoms with van der Waals surface area (Å²) in [7, 11) is 0. The molecular formula is C14H14N2O. The molecule has 0 bridgehead atoms. The Bertz CT molecular complexity index is 509. The highest BCUT2D eigenvalue weighted by Crippen LogP contribution is 2.08. The van der Waals surface area contributed by atoms with Gasteiger partial charge in [0.15, 0.2) is 0 Å². The Morgan fingerprint density at radius 1 is 1.00 bits per heavy atom. The van der Waals surface area contributed by atoms with Crippen molar-refractivity contribution in [3.05, 3.63) is 65.7 Å². The lowest BCUT2D eigenvalue weighted by Gasteiger charge is -2.08. The third-order valence-electron chi connectivity index (χ3n) is 2.37.